The van der Waals surface area contributed by atoms with E-state index in [1.807, 2.05) is 66.7 Å². The van der Waals surface area contributed by atoms with Crippen molar-refractivity contribution in [2.45, 2.75) is 6.54 Å². The fourth-order valence-electron chi connectivity index (χ4n) is 2.88. The number of hydrogen-bond acceptors (Lipinski definition) is 3. The van der Waals surface area contributed by atoms with Crippen LogP contribution in [0.15, 0.2) is 90.4 Å². The highest BCUT2D eigenvalue weighted by atomic mass is 16.5. The molecule has 0 saturated carbocycles. The number of para-hydroxylation sites is 1. The van der Waals surface area contributed by atoms with Crippen LogP contribution in [0.25, 0.3) is 11.1 Å². The van der Waals surface area contributed by atoms with Crippen LogP contribution in [0, 0.1) is 0 Å². The van der Waals surface area contributed by atoms with E-state index in [1.165, 1.54) is 0 Å². The van der Waals surface area contributed by atoms with E-state index in [1.54, 1.807) is 19.3 Å². The highest BCUT2D eigenvalue weighted by molar-refractivity contribution is 5.95. The summed E-state index contributed by atoms with van der Waals surface area (Å²) in [4.78, 5) is 4.63. The Balaban J connectivity index is 1.85. The highest BCUT2D eigenvalue weighted by Crippen LogP contribution is 2.29. The predicted octanol–water partition coefficient (Wildman–Crippen LogP) is 4.81. The molecule has 148 valence electrons. The third-order valence-corrected chi connectivity index (χ3v) is 4.37. The molecule has 5 nitrogen and oxygen atoms in total. The molecule has 0 amide bonds. The number of benzene rings is 3. The van der Waals surface area contributed by atoms with Crippen molar-refractivity contribution in [1.29, 1.82) is 0 Å². The van der Waals surface area contributed by atoms with Gasteiger partial charge in [-0.05, 0) is 29.3 Å². The van der Waals surface area contributed by atoms with Crippen molar-refractivity contribution >= 4 is 11.6 Å². The molecule has 0 aliphatic heterocycles. The van der Waals surface area contributed by atoms with E-state index in [4.69, 9.17) is 4.74 Å². The van der Waals surface area contributed by atoms with Gasteiger partial charge < -0.3 is 20.5 Å². The molecule has 3 aromatic carbocycles. The lowest BCUT2D eigenvalue weighted by Gasteiger charge is -2.14. The number of nitrogens with zero attached hydrogens (tertiary/aromatic N) is 1. The number of ether oxygens (including phenoxy) is 1. The maximum Gasteiger partial charge on any atom is 0.196 e. The molecule has 3 aromatic rings. The minimum atomic E-state index is 0.148. The SMILES string of the molecule is C=CCNC(=NCc1ccccc1OC)Nc1cc(-c2ccccc2)ccc1O. The Labute approximate surface area is 171 Å². The molecule has 0 aliphatic rings. The number of rotatable bonds is 7. The molecule has 0 heterocycles. The van der Waals surface area contributed by atoms with Gasteiger partial charge in [0.15, 0.2) is 5.96 Å². The largest absolute Gasteiger partial charge is 0.506 e. The van der Waals surface area contributed by atoms with E-state index in [2.05, 4.69) is 22.2 Å². The predicted molar refractivity (Wildman–Crippen MR) is 119 cm³/mol. The molecule has 0 saturated heterocycles. The molecule has 3 N–H and O–H groups in total. The van der Waals surface area contributed by atoms with Gasteiger partial charge in [0.2, 0.25) is 0 Å². The van der Waals surface area contributed by atoms with Crippen molar-refractivity contribution in [1.82, 2.24) is 5.32 Å². The van der Waals surface area contributed by atoms with Gasteiger partial charge >= 0.3 is 0 Å². The van der Waals surface area contributed by atoms with Crippen LogP contribution in [0.4, 0.5) is 5.69 Å². The standard InChI is InChI=1S/C24H25N3O2/c1-3-15-25-24(26-17-20-11-7-8-12-23(20)29-2)27-21-16-19(13-14-22(21)28)18-9-5-4-6-10-18/h3-14,16,28H,1,15,17H2,2H3,(H2,25,26,27). The van der Waals surface area contributed by atoms with Crippen LogP contribution in [0.1, 0.15) is 5.56 Å². The smallest absolute Gasteiger partial charge is 0.196 e. The molecule has 0 bridgehead atoms. The zero-order valence-electron chi connectivity index (χ0n) is 16.4. The second-order valence-electron chi connectivity index (χ2n) is 6.37. The molecule has 0 atom stereocenters. The summed E-state index contributed by atoms with van der Waals surface area (Å²) in [5, 5.41) is 16.7. The van der Waals surface area contributed by atoms with Crippen molar-refractivity contribution in [3.8, 4) is 22.6 Å². The number of aliphatic imine (C=N–C) groups is 1. The third-order valence-electron chi connectivity index (χ3n) is 4.37. The van der Waals surface area contributed by atoms with Gasteiger partial charge in [-0.2, -0.15) is 0 Å². The van der Waals surface area contributed by atoms with Crippen molar-refractivity contribution in [3.05, 3.63) is 91.0 Å². The van der Waals surface area contributed by atoms with Crippen LogP contribution in [0.5, 0.6) is 11.5 Å². The first-order valence-electron chi connectivity index (χ1n) is 9.38. The summed E-state index contributed by atoms with van der Waals surface area (Å²) in [6.07, 6.45) is 1.75. The van der Waals surface area contributed by atoms with E-state index in [0.29, 0.717) is 24.7 Å². The second-order valence-corrected chi connectivity index (χ2v) is 6.37. The molecule has 0 radical (unpaired) electrons. The Hall–Kier alpha value is -3.73. The van der Waals surface area contributed by atoms with Gasteiger partial charge in [-0.1, -0.05) is 60.7 Å². The molecule has 0 spiro atoms. The highest BCUT2D eigenvalue weighted by Gasteiger charge is 2.08. The van der Waals surface area contributed by atoms with Crippen LogP contribution in [-0.4, -0.2) is 24.7 Å². The van der Waals surface area contributed by atoms with Gasteiger partial charge in [-0.15, -0.1) is 6.58 Å². The van der Waals surface area contributed by atoms with E-state index >= 15 is 0 Å². The minimum Gasteiger partial charge on any atom is -0.506 e. The van der Waals surface area contributed by atoms with Gasteiger partial charge in [-0.3, -0.25) is 0 Å². The number of aromatic hydroxyl groups is 1. The lowest BCUT2D eigenvalue weighted by molar-refractivity contribution is 0.410. The van der Waals surface area contributed by atoms with Crippen LogP contribution in [0.3, 0.4) is 0 Å². The van der Waals surface area contributed by atoms with E-state index < -0.39 is 0 Å². The van der Waals surface area contributed by atoms with Gasteiger partial charge in [0.05, 0.1) is 19.3 Å². The maximum absolute atomic E-state index is 10.3. The van der Waals surface area contributed by atoms with Crippen LogP contribution in [0.2, 0.25) is 0 Å². The van der Waals surface area contributed by atoms with E-state index in [-0.39, 0.29) is 5.75 Å². The number of phenols is 1. The quantitative estimate of drug-likeness (QED) is 0.236. The van der Waals surface area contributed by atoms with Gasteiger partial charge in [0.25, 0.3) is 0 Å². The summed E-state index contributed by atoms with van der Waals surface area (Å²) in [7, 11) is 1.64. The normalized spacial score (nSPS) is 11.0. The Morgan fingerprint density at radius 1 is 1.03 bits per heavy atom. The number of guanidine groups is 1. The van der Waals surface area contributed by atoms with Crippen molar-refractivity contribution in [3.63, 3.8) is 0 Å². The topological polar surface area (TPSA) is 65.9 Å². The average molecular weight is 387 g/mol. The Kier molecular flexibility index (Phi) is 6.90. The summed E-state index contributed by atoms with van der Waals surface area (Å²) in [5.74, 6) is 1.47. The molecular formula is C24H25N3O2. The van der Waals surface area contributed by atoms with Gasteiger partial charge in [0.1, 0.15) is 11.5 Å². The lowest BCUT2D eigenvalue weighted by atomic mass is 10.0. The zero-order chi connectivity index (χ0) is 20.5. The molecule has 0 fully saturated rings. The number of anilines is 1. The third kappa shape index (κ3) is 5.39. The number of hydrogen-bond donors (Lipinski definition) is 3. The van der Waals surface area contributed by atoms with Crippen LogP contribution in [-0.2, 0) is 6.54 Å². The van der Waals surface area contributed by atoms with Crippen LogP contribution < -0.4 is 15.4 Å². The Morgan fingerprint density at radius 3 is 2.55 bits per heavy atom. The summed E-state index contributed by atoms with van der Waals surface area (Å²) in [6, 6.07) is 23.2. The van der Waals surface area contributed by atoms with Crippen LogP contribution >= 0.6 is 0 Å². The average Bonchev–Trinajstić information content (AvgIpc) is 2.77. The van der Waals surface area contributed by atoms with Crippen molar-refractivity contribution < 1.29 is 9.84 Å². The molecule has 0 aliphatic carbocycles. The van der Waals surface area contributed by atoms with Crippen molar-refractivity contribution in [2.75, 3.05) is 19.0 Å². The molecule has 29 heavy (non-hydrogen) atoms. The van der Waals surface area contributed by atoms with E-state index in [9.17, 15) is 5.11 Å². The molecular weight excluding hydrogens is 362 g/mol. The number of methoxy groups -OCH3 is 1. The Bertz CT molecular complexity index is 984. The first kappa shape index (κ1) is 20.0. The monoisotopic (exact) mass is 387 g/mol. The minimum absolute atomic E-state index is 0.148. The first-order chi connectivity index (χ1) is 14.2. The fourth-order valence-corrected chi connectivity index (χ4v) is 2.88. The van der Waals surface area contributed by atoms with Gasteiger partial charge in [0, 0.05) is 12.1 Å². The lowest BCUT2D eigenvalue weighted by Crippen LogP contribution is -2.31. The molecule has 5 heteroatoms. The molecule has 0 aromatic heterocycles. The summed E-state index contributed by atoms with van der Waals surface area (Å²) < 4.78 is 5.39. The summed E-state index contributed by atoms with van der Waals surface area (Å²) >= 11 is 0. The second kappa shape index (κ2) is 9.99. The Morgan fingerprint density at radius 2 is 1.79 bits per heavy atom. The zero-order valence-corrected chi connectivity index (χ0v) is 16.4. The van der Waals surface area contributed by atoms with Gasteiger partial charge in [-0.25, -0.2) is 4.99 Å². The summed E-state index contributed by atoms with van der Waals surface area (Å²) in [6.45, 7) is 4.71. The maximum atomic E-state index is 10.3. The molecule has 0 unspecified atom stereocenters. The van der Waals surface area contributed by atoms with E-state index in [0.717, 1.165) is 22.4 Å². The first-order valence-corrected chi connectivity index (χ1v) is 9.38. The van der Waals surface area contributed by atoms with Crippen molar-refractivity contribution in [2.24, 2.45) is 4.99 Å². The molecule has 3 rings (SSSR count). The number of phenolic OH excluding ortho intramolecular Hbond substituents is 1. The summed E-state index contributed by atoms with van der Waals surface area (Å²) in [5.41, 5.74) is 3.61. The fraction of sp³-hybridized carbons (Fsp3) is 0.125. The number of nitrogens with one attached hydrogen (secondary N) is 2.